The first-order chi connectivity index (χ1) is 8.72. The van der Waals surface area contributed by atoms with E-state index in [1.807, 2.05) is 6.07 Å². The molecule has 0 bridgehead atoms. The summed E-state index contributed by atoms with van der Waals surface area (Å²) in [4.78, 5) is 1.29. The Kier molecular flexibility index (Phi) is 4.87. The van der Waals surface area contributed by atoms with Crippen molar-refractivity contribution >= 4 is 22.9 Å². The third kappa shape index (κ3) is 3.37. The summed E-state index contributed by atoms with van der Waals surface area (Å²) in [5.41, 5.74) is 1.36. The van der Waals surface area contributed by atoms with E-state index in [2.05, 4.69) is 48.3 Å². The summed E-state index contributed by atoms with van der Waals surface area (Å²) in [7, 11) is 0. The minimum Gasteiger partial charge on any atom is -0.349 e. The molecule has 0 aliphatic heterocycles. The molecule has 0 aliphatic carbocycles. The molecule has 4 heteroatoms. The lowest BCUT2D eigenvalue weighted by molar-refractivity contribution is 0.536. The van der Waals surface area contributed by atoms with Crippen molar-refractivity contribution in [3.05, 3.63) is 45.4 Å². The van der Waals surface area contributed by atoms with Gasteiger partial charge in [-0.1, -0.05) is 25.4 Å². The highest BCUT2D eigenvalue weighted by Crippen LogP contribution is 2.23. The highest BCUT2D eigenvalue weighted by Gasteiger charge is 2.09. The number of rotatable bonds is 6. The first kappa shape index (κ1) is 13.7. The number of halogens is 1. The molecule has 2 aromatic heterocycles. The van der Waals surface area contributed by atoms with Crippen molar-refractivity contribution in [1.82, 2.24) is 9.88 Å². The second kappa shape index (κ2) is 6.41. The molecule has 0 aliphatic rings. The number of hydrogen-bond acceptors (Lipinski definition) is 2. The topological polar surface area (TPSA) is 17.0 Å². The fourth-order valence-corrected chi connectivity index (χ4v) is 3.22. The zero-order chi connectivity index (χ0) is 13.0. The largest absolute Gasteiger partial charge is 0.349 e. The van der Waals surface area contributed by atoms with E-state index in [0.717, 1.165) is 23.8 Å². The Morgan fingerprint density at radius 2 is 2.17 bits per heavy atom. The molecule has 1 unspecified atom stereocenters. The van der Waals surface area contributed by atoms with E-state index in [4.69, 9.17) is 11.6 Å². The predicted octanol–water partition coefficient (Wildman–Crippen LogP) is 4.31. The molecule has 2 heterocycles. The molecule has 98 valence electrons. The lowest BCUT2D eigenvalue weighted by Gasteiger charge is -2.13. The van der Waals surface area contributed by atoms with Crippen LogP contribution >= 0.6 is 22.9 Å². The second-order valence-corrected chi connectivity index (χ2v) is 6.14. The summed E-state index contributed by atoms with van der Waals surface area (Å²) >= 11 is 7.59. The van der Waals surface area contributed by atoms with Crippen LogP contribution < -0.4 is 5.32 Å². The summed E-state index contributed by atoms with van der Waals surface area (Å²) in [6.45, 7) is 6.27. The van der Waals surface area contributed by atoms with Crippen molar-refractivity contribution in [3.8, 4) is 0 Å². The Morgan fingerprint density at radius 1 is 1.33 bits per heavy atom. The maximum Gasteiger partial charge on any atom is 0.0931 e. The summed E-state index contributed by atoms with van der Waals surface area (Å²) < 4.78 is 3.08. The Hall–Kier alpha value is -0.770. The molecule has 0 spiro atoms. The molecular formula is C14H19ClN2S. The smallest absolute Gasteiger partial charge is 0.0931 e. The number of aromatic nitrogens is 1. The molecule has 0 fully saturated rings. The van der Waals surface area contributed by atoms with Crippen molar-refractivity contribution in [2.75, 3.05) is 6.54 Å². The van der Waals surface area contributed by atoms with Gasteiger partial charge in [0.05, 0.1) is 10.9 Å². The SMILES string of the molecule is CCNC(CC)c1ccn(Cc2ccc(Cl)s2)c1. The van der Waals surface area contributed by atoms with Crippen LogP contribution in [0.25, 0.3) is 0 Å². The Labute approximate surface area is 118 Å². The standard InChI is InChI=1S/C14H19ClN2S/c1-3-13(16-4-2)11-7-8-17(9-11)10-12-5-6-14(15)18-12/h5-9,13,16H,3-4,10H2,1-2H3. The van der Waals surface area contributed by atoms with Gasteiger partial charge in [-0.25, -0.2) is 0 Å². The highest BCUT2D eigenvalue weighted by molar-refractivity contribution is 7.16. The zero-order valence-corrected chi connectivity index (χ0v) is 12.4. The Balaban J connectivity index is 2.05. The summed E-state index contributed by atoms with van der Waals surface area (Å²) in [6, 6.07) is 6.71. The van der Waals surface area contributed by atoms with E-state index in [9.17, 15) is 0 Å². The third-order valence-electron chi connectivity index (χ3n) is 3.00. The lowest BCUT2D eigenvalue weighted by Crippen LogP contribution is -2.19. The van der Waals surface area contributed by atoms with Gasteiger partial charge in [-0.05, 0) is 36.7 Å². The summed E-state index contributed by atoms with van der Waals surface area (Å²) in [5.74, 6) is 0. The zero-order valence-electron chi connectivity index (χ0n) is 10.8. The average molecular weight is 283 g/mol. The van der Waals surface area contributed by atoms with Gasteiger partial charge in [-0.15, -0.1) is 11.3 Å². The van der Waals surface area contributed by atoms with Gasteiger partial charge in [0.15, 0.2) is 0 Å². The first-order valence-electron chi connectivity index (χ1n) is 6.36. The van der Waals surface area contributed by atoms with Gasteiger partial charge in [0, 0.05) is 23.3 Å². The fraction of sp³-hybridized carbons (Fsp3) is 0.429. The molecule has 2 aromatic rings. The number of hydrogen-bond donors (Lipinski definition) is 1. The van der Waals surface area contributed by atoms with Crippen molar-refractivity contribution in [3.63, 3.8) is 0 Å². The van der Waals surface area contributed by atoms with Gasteiger partial charge >= 0.3 is 0 Å². The van der Waals surface area contributed by atoms with Crippen LogP contribution in [0.5, 0.6) is 0 Å². The van der Waals surface area contributed by atoms with Gasteiger partial charge in [0.1, 0.15) is 0 Å². The first-order valence-corrected chi connectivity index (χ1v) is 7.55. The second-order valence-electron chi connectivity index (χ2n) is 4.34. The van der Waals surface area contributed by atoms with E-state index in [0.29, 0.717) is 6.04 Å². The maximum atomic E-state index is 5.95. The van der Waals surface area contributed by atoms with Crippen molar-refractivity contribution in [2.24, 2.45) is 0 Å². The van der Waals surface area contributed by atoms with Gasteiger partial charge < -0.3 is 9.88 Å². The van der Waals surface area contributed by atoms with Crippen LogP contribution in [-0.2, 0) is 6.54 Å². The van der Waals surface area contributed by atoms with E-state index in [1.165, 1.54) is 10.4 Å². The average Bonchev–Trinajstić information content (AvgIpc) is 2.96. The van der Waals surface area contributed by atoms with E-state index >= 15 is 0 Å². The van der Waals surface area contributed by atoms with Crippen LogP contribution in [0.2, 0.25) is 4.34 Å². The molecule has 0 aromatic carbocycles. The van der Waals surface area contributed by atoms with Crippen LogP contribution in [0, 0.1) is 0 Å². The number of nitrogens with one attached hydrogen (secondary N) is 1. The molecule has 18 heavy (non-hydrogen) atoms. The molecule has 2 rings (SSSR count). The van der Waals surface area contributed by atoms with Crippen LogP contribution in [-0.4, -0.2) is 11.1 Å². The summed E-state index contributed by atoms with van der Waals surface area (Å²) in [5, 5.41) is 3.50. The van der Waals surface area contributed by atoms with Crippen LogP contribution in [0.1, 0.15) is 36.8 Å². The summed E-state index contributed by atoms with van der Waals surface area (Å²) in [6.07, 6.45) is 5.48. The maximum absolute atomic E-state index is 5.95. The Bertz CT molecular complexity index is 489. The quantitative estimate of drug-likeness (QED) is 0.835. The van der Waals surface area contributed by atoms with Crippen molar-refractivity contribution < 1.29 is 0 Å². The van der Waals surface area contributed by atoms with E-state index in [1.54, 1.807) is 11.3 Å². The van der Waals surface area contributed by atoms with Gasteiger partial charge in [0.2, 0.25) is 0 Å². The van der Waals surface area contributed by atoms with Crippen molar-refractivity contribution in [1.29, 1.82) is 0 Å². The van der Waals surface area contributed by atoms with Gasteiger partial charge in [-0.2, -0.15) is 0 Å². The van der Waals surface area contributed by atoms with Crippen molar-refractivity contribution in [2.45, 2.75) is 32.9 Å². The third-order valence-corrected chi connectivity index (χ3v) is 4.22. The molecule has 1 N–H and O–H groups in total. The van der Waals surface area contributed by atoms with E-state index < -0.39 is 0 Å². The monoisotopic (exact) mass is 282 g/mol. The molecule has 2 nitrogen and oxygen atoms in total. The highest BCUT2D eigenvalue weighted by atomic mass is 35.5. The molecule has 0 radical (unpaired) electrons. The Morgan fingerprint density at radius 3 is 2.78 bits per heavy atom. The number of nitrogens with zero attached hydrogens (tertiary/aromatic N) is 1. The minimum absolute atomic E-state index is 0.461. The van der Waals surface area contributed by atoms with E-state index in [-0.39, 0.29) is 0 Å². The van der Waals surface area contributed by atoms with Crippen LogP contribution in [0.15, 0.2) is 30.6 Å². The fourth-order valence-electron chi connectivity index (χ4n) is 2.12. The number of thiophene rings is 1. The van der Waals surface area contributed by atoms with Gasteiger partial charge in [-0.3, -0.25) is 0 Å². The normalized spacial score (nSPS) is 12.8. The van der Waals surface area contributed by atoms with Crippen LogP contribution in [0.4, 0.5) is 0 Å². The van der Waals surface area contributed by atoms with Gasteiger partial charge in [0.25, 0.3) is 0 Å². The van der Waals surface area contributed by atoms with Crippen LogP contribution in [0.3, 0.4) is 0 Å². The molecule has 1 atom stereocenters. The predicted molar refractivity (Wildman–Crippen MR) is 79.6 cm³/mol. The molecule has 0 saturated heterocycles. The molecular weight excluding hydrogens is 264 g/mol. The molecule has 0 saturated carbocycles. The minimum atomic E-state index is 0.461. The lowest BCUT2D eigenvalue weighted by atomic mass is 10.1. The molecule has 0 amide bonds.